The molecule has 2 aromatic carbocycles. The predicted molar refractivity (Wildman–Crippen MR) is 103 cm³/mol. The number of pyridine rings is 1. The summed E-state index contributed by atoms with van der Waals surface area (Å²) in [6, 6.07) is 15.3. The minimum absolute atomic E-state index is 0.135. The third kappa shape index (κ3) is 3.41. The first kappa shape index (κ1) is 17.2. The van der Waals surface area contributed by atoms with Crippen molar-refractivity contribution < 1.29 is 13.9 Å². The summed E-state index contributed by atoms with van der Waals surface area (Å²) in [5.74, 6) is -0.375. The molecule has 1 N–H and O–H groups in total. The SMILES string of the molecule is O=Cc1c(-c2ccc(OCc3ccc(Cl)cc3)c(F)c2)[nH]c2ncccc12. The van der Waals surface area contributed by atoms with Crippen molar-refractivity contribution in [2.75, 3.05) is 0 Å². The van der Waals surface area contributed by atoms with Crippen LogP contribution in [0.1, 0.15) is 15.9 Å². The number of aldehydes is 1. The number of aromatic nitrogens is 2. The van der Waals surface area contributed by atoms with Gasteiger partial charge in [0.15, 0.2) is 17.9 Å². The molecule has 0 fully saturated rings. The molecular formula is C21H14ClFN2O2. The molecule has 0 saturated heterocycles. The van der Waals surface area contributed by atoms with Crippen LogP contribution in [0, 0.1) is 5.82 Å². The lowest BCUT2D eigenvalue weighted by atomic mass is 10.1. The minimum atomic E-state index is -0.509. The van der Waals surface area contributed by atoms with Gasteiger partial charge in [-0.1, -0.05) is 23.7 Å². The molecule has 0 amide bonds. The van der Waals surface area contributed by atoms with Gasteiger partial charge in [0.1, 0.15) is 12.3 Å². The third-order valence-corrected chi connectivity index (χ3v) is 4.51. The Labute approximate surface area is 159 Å². The second-order valence-electron chi connectivity index (χ2n) is 5.99. The van der Waals surface area contributed by atoms with Gasteiger partial charge in [-0.25, -0.2) is 9.37 Å². The van der Waals surface area contributed by atoms with Gasteiger partial charge in [-0.05, 0) is 48.0 Å². The summed E-state index contributed by atoms with van der Waals surface area (Å²) in [4.78, 5) is 18.8. The van der Waals surface area contributed by atoms with Crippen LogP contribution in [0.15, 0.2) is 60.8 Å². The highest BCUT2D eigenvalue weighted by Crippen LogP contribution is 2.31. The molecule has 134 valence electrons. The number of carbonyl (C=O) groups is 1. The van der Waals surface area contributed by atoms with Crippen molar-refractivity contribution in [3.63, 3.8) is 0 Å². The van der Waals surface area contributed by atoms with Gasteiger partial charge in [0.05, 0.1) is 5.69 Å². The zero-order chi connectivity index (χ0) is 18.8. The molecule has 4 nitrogen and oxygen atoms in total. The van der Waals surface area contributed by atoms with Gasteiger partial charge in [0.2, 0.25) is 0 Å². The Morgan fingerprint density at radius 1 is 1.15 bits per heavy atom. The van der Waals surface area contributed by atoms with Crippen LogP contribution in [0.2, 0.25) is 5.02 Å². The first-order valence-electron chi connectivity index (χ1n) is 8.25. The average Bonchev–Trinajstić information content (AvgIpc) is 3.07. The maximum atomic E-state index is 14.5. The highest BCUT2D eigenvalue weighted by atomic mass is 35.5. The van der Waals surface area contributed by atoms with Crippen LogP contribution in [0.4, 0.5) is 4.39 Å². The van der Waals surface area contributed by atoms with Crippen molar-refractivity contribution in [2.24, 2.45) is 0 Å². The molecule has 0 aliphatic heterocycles. The van der Waals surface area contributed by atoms with Gasteiger partial charge in [-0.15, -0.1) is 0 Å². The lowest BCUT2D eigenvalue weighted by Gasteiger charge is -2.09. The molecule has 0 atom stereocenters. The van der Waals surface area contributed by atoms with E-state index in [2.05, 4.69) is 9.97 Å². The number of benzene rings is 2. The van der Waals surface area contributed by atoms with E-state index >= 15 is 0 Å². The van der Waals surface area contributed by atoms with Crippen LogP contribution in [-0.2, 0) is 6.61 Å². The first-order valence-corrected chi connectivity index (χ1v) is 8.62. The number of carbonyl (C=O) groups excluding carboxylic acids is 1. The Kier molecular flexibility index (Phi) is 4.60. The third-order valence-electron chi connectivity index (χ3n) is 4.26. The monoisotopic (exact) mass is 380 g/mol. The van der Waals surface area contributed by atoms with E-state index in [0.717, 1.165) is 11.8 Å². The fourth-order valence-corrected chi connectivity index (χ4v) is 3.03. The predicted octanol–water partition coefficient (Wildman–Crippen LogP) is 5.41. The van der Waals surface area contributed by atoms with E-state index in [9.17, 15) is 9.18 Å². The topological polar surface area (TPSA) is 55.0 Å². The fraction of sp³-hybridized carbons (Fsp3) is 0.0476. The van der Waals surface area contributed by atoms with E-state index in [1.807, 2.05) is 12.1 Å². The van der Waals surface area contributed by atoms with Crippen molar-refractivity contribution in [1.29, 1.82) is 0 Å². The number of ether oxygens (including phenoxy) is 1. The average molecular weight is 381 g/mol. The largest absolute Gasteiger partial charge is 0.486 e. The smallest absolute Gasteiger partial charge is 0.165 e. The molecule has 27 heavy (non-hydrogen) atoms. The van der Waals surface area contributed by atoms with E-state index in [-0.39, 0.29) is 12.4 Å². The summed E-state index contributed by atoms with van der Waals surface area (Å²) < 4.78 is 20.1. The Bertz CT molecular complexity index is 1120. The second kappa shape index (κ2) is 7.21. The summed E-state index contributed by atoms with van der Waals surface area (Å²) in [7, 11) is 0. The normalized spacial score (nSPS) is 10.9. The first-order chi connectivity index (χ1) is 13.2. The molecule has 0 radical (unpaired) electrons. The van der Waals surface area contributed by atoms with E-state index in [4.69, 9.17) is 16.3 Å². The highest BCUT2D eigenvalue weighted by Gasteiger charge is 2.15. The number of halogens is 2. The molecule has 0 spiro atoms. The van der Waals surface area contributed by atoms with Crippen LogP contribution >= 0.6 is 11.6 Å². The number of fused-ring (bicyclic) bond motifs is 1. The minimum Gasteiger partial charge on any atom is -0.486 e. The van der Waals surface area contributed by atoms with Crippen LogP contribution in [0.25, 0.3) is 22.3 Å². The van der Waals surface area contributed by atoms with E-state index < -0.39 is 5.82 Å². The number of aromatic amines is 1. The number of H-pyrrole nitrogens is 1. The summed E-state index contributed by atoms with van der Waals surface area (Å²) in [5, 5.41) is 1.33. The molecule has 4 rings (SSSR count). The quantitative estimate of drug-likeness (QED) is 0.471. The van der Waals surface area contributed by atoms with Gasteiger partial charge in [-0.2, -0.15) is 0 Å². The van der Waals surface area contributed by atoms with Gasteiger partial charge >= 0.3 is 0 Å². The molecule has 4 aromatic rings. The molecule has 0 aliphatic carbocycles. The Hall–Kier alpha value is -3.18. The lowest BCUT2D eigenvalue weighted by molar-refractivity contribution is 0.112. The summed E-state index contributed by atoms with van der Waals surface area (Å²) >= 11 is 5.85. The zero-order valence-electron chi connectivity index (χ0n) is 14.1. The maximum absolute atomic E-state index is 14.5. The summed E-state index contributed by atoms with van der Waals surface area (Å²) in [6.45, 7) is 0.226. The number of rotatable bonds is 5. The van der Waals surface area contributed by atoms with Gasteiger partial charge < -0.3 is 9.72 Å². The summed E-state index contributed by atoms with van der Waals surface area (Å²) in [5.41, 5.74) is 2.99. The maximum Gasteiger partial charge on any atom is 0.165 e. The van der Waals surface area contributed by atoms with Crippen LogP contribution in [-0.4, -0.2) is 16.3 Å². The Morgan fingerprint density at radius 3 is 2.70 bits per heavy atom. The highest BCUT2D eigenvalue weighted by molar-refractivity contribution is 6.30. The number of nitrogens with zero attached hydrogens (tertiary/aromatic N) is 1. The van der Waals surface area contributed by atoms with Crippen LogP contribution < -0.4 is 4.74 Å². The number of hydrogen-bond donors (Lipinski definition) is 1. The molecule has 6 heteroatoms. The van der Waals surface area contributed by atoms with Gasteiger partial charge in [0.25, 0.3) is 0 Å². The summed E-state index contributed by atoms with van der Waals surface area (Å²) in [6.07, 6.45) is 2.38. The standard InChI is InChI=1S/C21H14ClFN2O2/c22-15-6-3-13(4-7-15)12-27-19-8-5-14(10-18(19)23)20-17(11-26)16-2-1-9-24-21(16)25-20/h1-11H,12H2,(H,24,25). The van der Waals surface area contributed by atoms with E-state index in [1.54, 1.807) is 42.6 Å². The molecule has 0 aliphatic rings. The van der Waals surface area contributed by atoms with Crippen LogP contribution in [0.3, 0.4) is 0 Å². The molecule has 0 unspecified atom stereocenters. The number of nitrogens with one attached hydrogen (secondary N) is 1. The van der Waals surface area contributed by atoms with Crippen LogP contribution in [0.5, 0.6) is 5.75 Å². The second-order valence-corrected chi connectivity index (χ2v) is 6.43. The van der Waals surface area contributed by atoms with E-state index in [1.165, 1.54) is 6.07 Å². The van der Waals surface area contributed by atoms with Crippen molar-refractivity contribution in [3.8, 4) is 17.0 Å². The molecule has 0 bridgehead atoms. The van der Waals surface area contributed by atoms with Gasteiger partial charge in [0, 0.05) is 27.7 Å². The van der Waals surface area contributed by atoms with Gasteiger partial charge in [-0.3, -0.25) is 4.79 Å². The molecule has 2 aromatic heterocycles. The van der Waals surface area contributed by atoms with Crippen molar-refractivity contribution in [3.05, 3.63) is 82.8 Å². The van der Waals surface area contributed by atoms with Crippen molar-refractivity contribution in [2.45, 2.75) is 6.61 Å². The molecule has 0 saturated carbocycles. The van der Waals surface area contributed by atoms with Crippen molar-refractivity contribution in [1.82, 2.24) is 9.97 Å². The Morgan fingerprint density at radius 2 is 1.96 bits per heavy atom. The number of hydrogen-bond acceptors (Lipinski definition) is 3. The zero-order valence-corrected chi connectivity index (χ0v) is 14.8. The lowest BCUT2D eigenvalue weighted by Crippen LogP contribution is -1.97. The molecular weight excluding hydrogens is 367 g/mol. The van der Waals surface area contributed by atoms with E-state index in [0.29, 0.717) is 32.9 Å². The fourth-order valence-electron chi connectivity index (χ4n) is 2.91. The molecule has 2 heterocycles. The van der Waals surface area contributed by atoms with Crippen molar-refractivity contribution >= 4 is 28.9 Å². The Balaban J connectivity index is 1.62.